The van der Waals surface area contributed by atoms with Gasteiger partial charge in [0.25, 0.3) is 0 Å². The van der Waals surface area contributed by atoms with Crippen molar-refractivity contribution in [3.63, 3.8) is 0 Å². The SMILES string of the molecule is CCN(c1ccc(OCCCCCCCC(=O)N[C@H](C(=O)N2C[C@H](O)C[C@H]2C(=O)NCc2ccc(-c3scnc3C)cc2)C(C)(C)C)cc1)S(=O)(=O)C1C[C@H]2O[C@@H]1C(c1ccc(O)cc1)=C2c1ccc(O)cc1. The molecule has 3 aliphatic rings. The number of unbranched alkanes of at least 4 members (excludes halogenated alkanes) is 4. The molecule has 388 valence electrons. The molecular formula is C56H67N5O10S2. The fraction of sp³-hybridized carbons (Fsp3) is 0.429. The van der Waals surface area contributed by atoms with Crippen molar-refractivity contribution in [3.05, 3.63) is 125 Å². The van der Waals surface area contributed by atoms with E-state index < -0.39 is 57.0 Å². The number of phenols is 2. The van der Waals surface area contributed by atoms with Gasteiger partial charge in [-0.1, -0.05) is 88.6 Å². The van der Waals surface area contributed by atoms with E-state index in [1.807, 2.05) is 57.5 Å². The standard InChI is InChI=1S/C56H67N5O10S2/c1-6-61(73(68,69)47-31-46-49(37-17-23-41(62)24-18-37)50(51(47)71-46)38-19-25-42(63)26-20-38)40-21-27-44(28-22-40)70-29-11-9-7-8-10-12-48(65)59-53(56(3,4)5)55(67)60-33-43(64)30-45(60)54(66)57-32-36-13-15-39(16-14-36)52-35(2)58-34-72-52/h13-28,34,43,45-47,51,53,62-64H,6-12,29-33H2,1-5H3,(H,57,66)(H,59,65)/t43-,45+,46-,47?,51+,53-/m1/s1. The Balaban J connectivity index is 0.768. The van der Waals surface area contributed by atoms with Crippen LogP contribution in [0.1, 0.15) is 101 Å². The van der Waals surface area contributed by atoms with E-state index in [9.17, 15) is 38.1 Å². The van der Waals surface area contributed by atoms with Crippen LogP contribution in [0.2, 0.25) is 0 Å². The Labute approximate surface area is 432 Å². The Hall–Kier alpha value is -6.27. The second-order valence-corrected chi connectivity index (χ2v) is 23.2. The Morgan fingerprint density at radius 3 is 2.08 bits per heavy atom. The number of amides is 3. The lowest BCUT2D eigenvalue weighted by Crippen LogP contribution is -2.57. The summed E-state index contributed by atoms with van der Waals surface area (Å²) in [5, 5.41) is 35.6. The molecule has 2 bridgehead atoms. The minimum Gasteiger partial charge on any atom is -0.508 e. The summed E-state index contributed by atoms with van der Waals surface area (Å²) in [6.45, 7) is 10.3. The third-order valence-corrected chi connectivity index (χ3v) is 17.2. The fourth-order valence-corrected chi connectivity index (χ4v) is 13.0. The smallest absolute Gasteiger partial charge is 0.246 e. The second-order valence-electron chi connectivity index (χ2n) is 20.3. The molecule has 0 spiro atoms. The molecule has 3 aliphatic heterocycles. The normalized spacial score (nSPS) is 20.0. The molecule has 0 aliphatic carbocycles. The molecule has 3 amide bonds. The van der Waals surface area contributed by atoms with E-state index in [4.69, 9.17) is 9.47 Å². The van der Waals surface area contributed by atoms with Gasteiger partial charge in [-0.15, -0.1) is 11.3 Å². The maximum atomic E-state index is 14.5. The number of fused-ring (bicyclic) bond motifs is 2. The molecule has 5 N–H and O–H groups in total. The number of benzene rings is 4. The van der Waals surface area contributed by atoms with Gasteiger partial charge in [-0.05, 0) is 120 Å². The van der Waals surface area contributed by atoms with Gasteiger partial charge >= 0.3 is 0 Å². The van der Waals surface area contributed by atoms with E-state index in [-0.39, 0.29) is 62.2 Å². The number of anilines is 1. The molecule has 4 aromatic carbocycles. The van der Waals surface area contributed by atoms with Crippen LogP contribution in [-0.2, 0) is 35.7 Å². The monoisotopic (exact) mass is 1030 g/mol. The lowest BCUT2D eigenvalue weighted by Gasteiger charge is -2.35. The van der Waals surface area contributed by atoms with Gasteiger partial charge in [0.2, 0.25) is 27.7 Å². The summed E-state index contributed by atoms with van der Waals surface area (Å²) in [5.41, 5.74) is 7.83. The molecule has 8 rings (SSSR count). The number of carbonyl (C=O) groups is 3. The van der Waals surface area contributed by atoms with Crippen LogP contribution in [0.25, 0.3) is 21.6 Å². The first kappa shape index (κ1) is 53.0. The number of aromatic hydroxyl groups is 2. The van der Waals surface area contributed by atoms with Crippen LogP contribution in [0.5, 0.6) is 17.2 Å². The van der Waals surface area contributed by atoms with E-state index in [0.29, 0.717) is 24.5 Å². The number of nitrogens with zero attached hydrogens (tertiary/aromatic N) is 3. The number of aromatic nitrogens is 1. The second kappa shape index (κ2) is 22.9. The molecule has 1 unspecified atom stereocenters. The number of nitrogens with one attached hydrogen (secondary N) is 2. The number of β-amino-alcohol motifs (C(OH)–C–C–N with tert-alkyl or cyclic N) is 1. The quantitative estimate of drug-likeness (QED) is 0.0441. The summed E-state index contributed by atoms with van der Waals surface area (Å²) in [6, 6.07) is 26.7. The molecular weight excluding hydrogens is 967 g/mol. The highest BCUT2D eigenvalue weighted by molar-refractivity contribution is 7.93. The number of aliphatic hydroxyl groups excluding tert-OH is 1. The number of thiazole rings is 1. The highest BCUT2D eigenvalue weighted by Gasteiger charge is 2.54. The lowest BCUT2D eigenvalue weighted by atomic mass is 9.83. The number of aryl methyl sites for hydroxylation is 1. The van der Waals surface area contributed by atoms with Crippen molar-refractivity contribution in [1.29, 1.82) is 0 Å². The number of ether oxygens (including phenoxy) is 2. The molecule has 6 atom stereocenters. The first-order valence-corrected chi connectivity index (χ1v) is 27.6. The van der Waals surface area contributed by atoms with E-state index in [0.717, 1.165) is 69.7 Å². The molecule has 15 nitrogen and oxygen atoms in total. The van der Waals surface area contributed by atoms with Crippen LogP contribution in [-0.4, -0.2) is 107 Å². The number of hydrogen-bond donors (Lipinski definition) is 5. The van der Waals surface area contributed by atoms with Gasteiger partial charge < -0.3 is 40.3 Å². The zero-order valence-corrected chi connectivity index (χ0v) is 43.8. The summed E-state index contributed by atoms with van der Waals surface area (Å²) in [7, 11) is -3.91. The van der Waals surface area contributed by atoms with Gasteiger partial charge in [-0.2, -0.15) is 0 Å². The largest absolute Gasteiger partial charge is 0.508 e. The number of likely N-dealkylation sites (tertiary alicyclic amines) is 1. The van der Waals surface area contributed by atoms with E-state index in [1.54, 1.807) is 91.1 Å². The van der Waals surface area contributed by atoms with E-state index >= 15 is 0 Å². The van der Waals surface area contributed by atoms with Gasteiger partial charge in [-0.25, -0.2) is 13.4 Å². The van der Waals surface area contributed by atoms with Crippen LogP contribution in [0.4, 0.5) is 5.69 Å². The van der Waals surface area contributed by atoms with Crippen LogP contribution in [0.15, 0.2) is 103 Å². The number of carbonyl (C=O) groups excluding carboxylic acids is 3. The van der Waals surface area contributed by atoms with Gasteiger partial charge in [0.15, 0.2) is 0 Å². The van der Waals surface area contributed by atoms with Crippen LogP contribution in [0.3, 0.4) is 0 Å². The summed E-state index contributed by atoms with van der Waals surface area (Å²) in [6.07, 6.45) is 2.56. The summed E-state index contributed by atoms with van der Waals surface area (Å²) >= 11 is 1.57. The zero-order valence-electron chi connectivity index (χ0n) is 42.1. The molecule has 5 aromatic rings. The molecule has 0 radical (unpaired) electrons. The Kier molecular flexibility index (Phi) is 16.6. The van der Waals surface area contributed by atoms with Gasteiger partial charge in [0.05, 0.1) is 40.6 Å². The molecule has 17 heteroatoms. The van der Waals surface area contributed by atoms with Crippen LogP contribution < -0.4 is 19.7 Å². The molecule has 73 heavy (non-hydrogen) atoms. The highest BCUT2D eigenvalue weighted by atomic mass is 32.2. The number of rotatable bonds is 21. The fourth-order valence-electron chi connectivity index (χ4n) is 10.1. The summed E-state index contributed by atoms with van der Waals surface area (Å²) in [4.78, 5) is 47.6. The predicted molar refractivity (Wildman–Crippen MR) is 283 cm³/mol. The van der Waals surface area contributed by atoms with Crippen molar-refractivity contribution in [2.75, 3.05) is 24.0 Å². The number of phenolic OH excluding ortho intramolecular Hbond substituents is 2. The van der Waals surface area contributed by atoms with Crippen molar-refractivity contribution in [2.24, 2.45) is 5.41 Å². The molecule has 2 fully saturated rings. The van der Waals surface area contributed by atoms with Gasteiger partial charge in [-0.3, -0.25) is 18.7 Å². The Morgan fingerprint density at radius 1 is 0.849 bits per heavy atom. The molecule has 0 saturated carbocycles. The number of sulfonamides is 1. The Bertz CT molecular complexity index is 2860. The average molecular weight is 1030 g/mol. The zero-order chi connectivity index (χ0) is 52.0. The third kappa shape index (κ3) is 12.2. The lowest BCUT2D eigenvalue weighted by molar-refractivity contribution is -0.144. The first-order chi connectivity index (χ1) is 34.9. The molecule has 4 heterocycles. The van der Waals surface area contributed by atoms with Gasteiger partial charge in [0.1, 0.15) is 40.7 Å². The van der Waals surface area contributed by atoms with Crippen LogP contribution in [0, 0.1) is 12.3 Å². The Morgan fingerprint density at radius 2 is 1.47 bits per heavy atom. The minimum absolute atomic E-state index is 0.00550. The van der Waals surface area contributed by atoms with Crippen molar-refractivity contribution >= 4 is 55.9 Å². The minimum atomic E-state index is -3.91. The summed E-state index contributed by atoms with van der Waals surface area (Å²) < 4.78 is 42.8. The third-order valence-electron chi connectivity index (χ3n) is 14.0. The predicted octanol–water partition coefficient (Wildman–Crippen LogP) is 8.37. The molecule has 1 aromatic heterocycles. The number of aliphatic hydroxyl groups is 1. The average Bonchev–Trinajstić information content (AvgIpc) is 4.18. The van der Waals surface area contributed by atoms with Crippen molar-refractivity contribution in [1.82, 2.24) is 20.5 Å². The molecule has 2 saturated heterocycles. The first-order valence-electron chi connectivity index (χ1n) is 25.2. The highest BCUT2D eigenvalue weighted by Crippen LogP contribution is 2.51. The maximum Gasteiger partial charge on any atom is 0.246 e. The topological polar surface area (TPSA) is 208 Å². The van der Waals surface area contributed by atoms with Crippen molar-refractivity contribution in [2.45, 2.75) is 128 Å². The maximum absolute atomic E-state index is 14.5. The van der Waals surface area contributed by atoms with E-state index in [1.165, 1.54) is 9.21 Å². The number of hydrogen-bond acceptors (Lipinski definition) is 12. The summed E-state index contributed by atoms with van der Waals surface area (Å²) in [5.74, 6) is -0.140. The van der Waals surface area contributed by atoms with Gasteiger partial charge in [0, 0.05) is 32.5 Å². The van der Waals surface area contributed by atoms with Crippen molar-refractivity contribution in [3.8, 4) is 27.7 Å². The van der Waals surface area contributed by atoms with Crippen LogP contribution >= 0.6 is 11.3 Å². The van der Waals surface area contributed by atoms with E-state index in [2.05, 4.69) is 15.6 Å². The van der Waals surface area contributed by atoms with Crippen molar-refractivity contribution < 1.29 is 47.6 Å².